The Labute approximate surface area is 210 Å². The lowest BCUT2D eigenvalue weighted by Crippen LogP contribution is -2.52. The van der Waals surface area contributed by atoms with Gasteiger partial charge in [-0.15, -0.1) is 0 Å². The van der Waals surface area contributed by atoms with Gasteiger partial charge in [-0.05, 0) is 31.2 Å². The van der Waals surface area contributed by atoms with E-state index in [9.17, 15) is 27.6 Å². The molecule has 1 aliphatic rings. The van der Waals surface area contributed by atoms with Crippen LogP contribution < -0.4 is 15.5 Å². The third-order valence-corrected chi connectivity index (χ3v) is 5.72. The second kappa shape index (κ2) is 10.6. The molecule has 0 radical (unpaired) electrons. The van der Waals surface area contributed by atoms with Gasteiger partial charge in [0.25, 0.3) is 5.91 Å². The number of hydrogen-bond donors (Lipinski definition) is 2. The number of anilines is 1. The van der Waals surface area contributed by atoms with Crippen LogP contribution in [0.1, 0.15) is 23.7 Å². The molecule has 2 aromatic carbocycles. The van der Waals surface area contributed by atoms with Crippen molar-refractivity contribution in [3.05, 3.63) is 95.1 Å². The summed E-state index contributed by atoms with van der Waals surface area (Å²) in [5.41, 5.74) is 1.59. The van der Waals surface area contributed by atoms with Gasteiger partial charge in [0, 0.05) is 30.4 Å². The third kappa shape index (κ3) is 5.50. The minimum atomic E-state index is -1.42. The first kappa shape index (κ1) is 25.5. The quantitative estimate of drug-likeness (QED) is 0.499. The first-order chi connectivity index (χ1) is 17.7. The maximum atomic E-state index is 13.9. The number of hydrogen-bond acceptors (Lipinski definition) is 5. The smallest absolute Gasteiger partial charge is 0.272 e. The largest absolute Gasteiger partial charge is 0.344 e. The normalized spacial score (nSPS) is 15.8. The maximum absolute atomic E-state index is 13.9. The molecule has 0 aliphatic carbocycles. The molecule has 3 amide bonds. The van der Waals surface area contributed by atoms with Gasteiger partial charge in [-0.3, -0.25) is 19.4 Å². The molecule has 0 saturated heterocycles. The van der Waals surface area contributed by atoms with Crippen LogP contribution in [0.2, 0.25) is 0 Å². The van der Waals surface area contributed by atoms with Crippen molar-refractivity contribution in [3.63, 3.8) is 0 Å². The molecule has 11 heteroatoms. The molecule has 2 atom stereocenters. The van der Waals surface area contributed by atoms with Gasteiger partial charge in [-0.2, -0.15) is 0 Å². The van der Waals surface area contributed by atoms with Crippen LogP contribution in [0.15, 0.2) is 65.8 Å². The zero-order valence-electron chi connectivity index (χ0n) is 19.8. The SMILES string of the molecule is C[C@H](NC(=O)Cc1cc(F)cc(F)c1F)C(=O)NC1N=C(c2ccccn2)c2ccccc2N(C)C1=O. The number of benzene rings is 2. The molecule has 2 N–H and O–H groups in total. The summed E-state index contributed by atoms with van der Waals surface area (Å²) in [4.78, 5) is 48.6. The molecule has 4 rings (SSSR count). The predicted molar refractivity (Wildman–Crippen MR) is 129 cm³/mol. The van der Waals surface area contributed by atoms with Gasteiger partial charge in [0.15, 0.2) is 11.6 Å². The number of likely N-dealkylation sites (N-methyl/N-ethyl adjacent to an activating group) is 1. The Morgan fingerprint density at radius 3 is 2.54 bits per heavy atom. The summed E-state index contributed by atoms with van der Waals surface area (Å²) in [5, 5.41) is 4.86. The summed E-state index contributed by atoms with van der Waals surface area (Å²) in [5.74, 6) is -5.93. The van der Waals surface area contributed by atoms with Crippen molar-refractivity contribution in [1.29, 1.82) is 0 Å². The fourth-order valence-corrected chi connectivity index (χ4v) is 3.85. The van der Waals surface area contributed by atoms with Gasteiger partial charge in [0.1, 0.15) is 11.9 Å². The molecule has 1 aromatic heterocycles. The molecule has 0 saturated carbocycles. The fourth-order valence-electron chi connectivity index (χ4n) is 3.85. The number of para-hydroxylation sites is 1. The van der Waals surface area contributed by atoms with Gasteiger partial charge >= 0.3 is 0 Å². The molecule has 37 heavy (non-hydrogen) atoms. The molecule has 0 fully saturated rings. The molecule has 1 aliphatic heterocycles. The van der Waals surface area contributed by atoms with Crippen LogP contribution in [0.3, 0.4) is 0 Å². The Hall–Kier alpha value is -4.54. The summed E-state index contributed by atoms with van der Waals surface area (Å²) < 4.78 is 40.7. The van der Waals surface area contributed by atoms with Crippen molar-refractivity contribution < 1.29 is 27.6 Å². The van der Waals surface area contributed by atoms with E-state index in [2.05, 4.69) is 20.6 Å². The molecule has 1 unspecified atom stereocenters. The standard InChI is InChI=1S/C26H22F3N5O3/c1-14(31-21(35)12-15-11-16(27)13-18(28)22(15)29)25(36)33-24-26(37)34(2)20-9-4-3-7-17(20)23(32-24)19-8-5-6-10-30-19/h3-11,13-14,24H,12H2,1-2H3,(H,31,35)(H,33,36)/t14-,24?/m0/s1. The number of nitrogens with one attached hydrogen (secondary N) is 2. The van der Waals surface area contributed by atoms with Gasteiger partial charge in [0.2, 0.25) is 18.0 Å². The molecule has 190 valence electrons. The van der Waals surface area contributed by atoms with E-state index in [1.165, 1.54) is 11.8 Å². The molecular weight excluding hydrogens is 487 g/mol. The highest BCUT2D eigenvalue weighted by Gasteiger charge is 2.32. The van der Waals surface area contributed by atoms with Crippen molar-refractivity contribution >= 4 is 29.1 Å². The average molecular weight is 509 g/mol. The first-order valence-corrected chi connectivity index (χ1v) is 11.2. The van der Waals surface area contributed by atoms with Crippen LogP contribution in [0.25, 0.3) is 0 Å². The molecule has 2 heterocycles. The number of aliphatic imine (C=N–C) groups is 1. The Morgan fingerprint density at radius 1 is 1.08 bits per heavy atom. The zero-order chi connectivity index (χ0) is 26.7. The van der Waals surface area contributed by atoms with Crippen LogP contribution in [0, 0.1) is 17.5 Å². The monoisotopic (exact) mass is 509 g/mol. The summed E-state index contributed by atoms with van der Waals surface area (Å²) in [6.45, 7) is 1.35. The number of aromatic nitrogens is 1. The predicted octanol–water partition coefficient (Wildman–Crippen LogP) is 2.50. The number of rotatable bonds is 6. The molecule has 0 bridgehead atoms. The van der Waals surface area contributed by atoms with Crippen LogP contribution in [-0.2, 0) is 20.8 Å². The Morgan fingerprint density at radius 2 is 1.81 bits per heavy atom. The third-order valence-electron chi connectivity index (χ3n) is 5.72. The van der Waals surface area contributed by atoms with Gasteiger partial charge in [0.05, 0.1) is 23.5 Å². The Bertz CT molecular complexity index is 1400. The van der Waals surface area contributed by atoms with Crippen LogP contribution in [0.4, 0.5) is 18.9 Å². The number of benzodiazepines with no additional fused rings is 1. The minimum absolute atomic E-state index is 0.367. The number of carbonyl (C=O) groups is 3. The van der Waals surface area contributed by atoms with Crippen molar-refractivity contribution in [2.45, 2.75) is 25.6 Å². The van der Waals surface area contributed by atoms with Crippen molar-refractivity contribution in [3.8, 4) is 0 Å². The average Bonchev–Trinajstić information content (AvgIpc) is 2.98. The molecular formula is C26H22F3N5O3. The lowest BCUT2D eigenvalue weighted by molar-refractivity contribution is -0.130. The van der Waals surface area contributed by atoms with E-state index in [1.807, 2.05) is 0 Å². The molecule has 3 aromatic rings. The van der Waals surface area contributed by atoms with E-state index >= 15 is 0 Å². The highest BCUT2D eigenvalue weighted by Crippen LogP contribution is 2.26. The number of pyridine rings is 1. The number of carbonyl (C=O) groups excluding carboxylic acids is 3. The number of fused-ring (bicyclic) bond motifs is 1. The zero-order valence-corrected chi connectivity index (χ0v) is 19.8. The van der Waals surface area contributed by atoms with E-state index in [4.69, 9.17) is 0 Å². The molecule has 8 nitrogen and oxygen atoms in total. The van der Waals surface area contributed by atoms with E-state index in [1.54, 1.807) is 55.7 Å². The second-order valence-electron chi connectivity index (χ2n) is 8.34. The lowest BCUT2D eigenvalue weighted by atomic mass is 10.0. The number of nitrogens with zero attached hydrogens (tertiary/aromatic N) is 3. The Kier molecular flexibility index (Phi) is 7.32. The number of amides is 3. The van der Waals surface area contributed by atoms with Gasteiger partial charge < -0.3 is 15.5 Å². The summed E-state index contributed by atoms with van der Waals surface area (Å²) in [7, 11) is 1.55. The summed E-state index contributed by atoms with van der Waals surface area (Å²) in [6, 6.07) is 12.2. The van der Waals surface area contributed by atoms with E-state index < -0.39 is 59.4 Å². The summed E-state index contributed by atoms with van der Waals surface area (Å²) >= 11 is 0. The van der Waals surface area contributed by atoms with E-state index in [0.29, 0.717) is 34.8 Å². The van der Waals surface area contributed by atoms with Crippen LogP contribution in [-0.4, -0.2) is 47.7 Å². The Balaban J connectivity index is 1.53. The van der Waals surface area contributed by atoms with Crippen LogP contribution in [0.5, 0.6) is 0 Å². The van der Waals surface area contributed by atoms with Crippen molar-refractivity contribution in [2.24, 2.45) is 4.99 Å². The van der Waals surface area contributed by atoms with Gasteiger partial charge in [-0.25, -0.2) is 18.2 Å². The fraction of sp³-hybridized carbons (Fsp3) is 0.192. The maximum Gasteiger partial charge on any atom is 0.272 e. The highest BCUT2D eigenvalue weighted by molar-refractivity contribution is 6.19. The second-order valence-corrected chi connectivity index (χ2v) is 8.34. The topological polar surface area (TPSA) is 104 Å². The highest BCUT2D eigenvalue weighted by atomic mass is 19.2. The molecule has 0 spiro atoms. The van der Waals surface area contributed by atoms with E-state index in [0.717, 1.165) is 0 Å². The van der Waals surface area contributed by atoms with E-state index in [-0.39, 0.29) is 0 Å². The summed E-state index contributed by atoms with van der Waals surface area (Å²) in [6.07, 6.45) is -0.452. The lowest BCUT2D eigenvalue weighted by Gasteiger charge is -2.22. The van der Waals surface area contributed by atoms with Crippen LogP contribution >= 0.6 is 0 Å². The first-order valence-electron chi connectivity index (χ1n) is 11.2. The van der Waals surface area contributed by atoms with Crippen molar-refractivity contribution in [1.82, 2.24) is 15.6 Å². The van der Waals surface area contributed by atoms with Gasteiger partial charge in [-0.1, -0.05) is 24.3 Å². The number of halogens is 3. The van der Waals surface area contributed by atoms with Crippen molar-refractivity contribution in [2.75, 3.05) is 11.9 Å². The minimum Gasteiger partial charge on any atom is -0.344 e.